The lowest BCUT2D eigenvalue weighted by atomic mass is 9.78. The Hall–Kier alpha value is -12.0. The fourth-order valence-electron chi connectivity index (χ4n) is 13.6. The molecule has 38 heteroatoms. The number of nitrogens with two attached hydrogens (primary N) is 1. The Kier molecular flexibility index (Phi) is 31.6. The van der Waals surface area contributed by atoms with Crippen LogP contribution in [-0.2, 0) is 99.4 Å². The summed E-state index contributed by atoms with van der Waals surface area (Å²) >= 11 is 1.91. The van der Waals surface area contributed by atoms with Gasteiger partial charge in [-0.2, -0.15) is 13.1 Å². The Morgan fingerprint density at radius 1 is 0.552 bits per heavy atom. The van der Waals surface area contributed by atoms with Gasteiger partial charge in [-0.05, 0) is 156 Å². The molecule has 660 valence electrons. The number of Topliss-reactive ketones (excluding diaryl/α,β-unsaturated/α-hetero) is 2. The average molecular weight is 1810 g/mol. The zero-order valence-electron chi connectivity index (χ0n) is 69.4. The van der Waals surface area contributed by atoms with Crippen molar-refractivity contribution in [2.24, 2.45) is 28.8 Å². The lowest BCUT2D eigenvalue weighted by Crippen LogP contribution is -2.47. The molecule has 0 aliphatic rings. The van der Waals surface area contributed by atoms with E-state index in [2.05, 4.69) is 35.3 Å². The molecule has 2 unspecified atom stereocenters. The van der Waals surface area contributed by atoms with Crippen molar-refractivity contribution in [1.82, 2.24) is 44.7 Å². The third kappa shape index (κ3) is 24.7. The molecule has 4 aromatic heterocycles. The number of carbonyl (C=O) groups is 5. The van der Waals surface area contributed by atoms with Gasteiger partial charge in [0.2, 0.25) is 8.68 Å². The van der Waals surface area contributed by atoms with Crippen LogP contribution in [0.15, 0.2) is 214 Å². The predicted molar refractivity (Wildman–Crippen MR) is 459 cm³/mol. The molecule has 32 nitrogen and oxygen atoms in total. The summed E-state index contributed by atoms with van der Waals surface area (Å²) in [6.45, 7) is 8.53. The number of ketones is 2. The summed E-state index contributed by atoms with van der Waals surface area (Å²) in [6, 6.07) is 51.4. The fourth-order valence-corrected chi connectivity index (χ4v) is 18.8. The van der Waals surface area contributed by atoms with Crippen molar-refractivity contribution in [2.45, 2.75) is 124 Å². The highest BCUT2D eigenvalue weighted by Crippen LogP contribution is 2.42. The molecule has 12 rings (SSSR count). The van der Waals surface area contributed by atoms with Crippen molar-refractivity contribution < 1.29 is 106 Å². The molecule has 125 heavy (non-hydrogen) atoms. The van der Waals surface area contributed by atoms with E-state index in [0.29, 0.717) is 94.1 Å². The molecule has 0 aliphatic carbocycles. The number of aromatic nitrogens is 8. The largest absolute Gasteiger partial charge is 0.497 e. The van der Waals surface area contributed by atoms with Crippen LogP contribution in [0.1, 0.15) is 104 Å². The van der Waals surface area contributed by atoms with Crippen molar-refractivity contribution >= 4 is 103 Å². The van der Waals surface area contributed by atoms with Gasteiger partial charge < -0.3 is 48.1 Å². The third-order valence-electron chi connectivity index (χ3n) is 19.8. The summed E-state index contributed by atoms with van der Waals surface area (Å²) in [6.07, 6.45) is 0.737. The topological polar surface area (TPSA) is 437 Å². The van der Waals surface area contributed by atoms with Crippen LogP contribution in [0.3, 0.4) is 0 Å². The fraction of sp³-hybridized carbons (Fsp3) is 0.322. The molecule has 0 aliphatic heterocycles. The molecule has 0 spiro atoms. The number of aryl methyl sites for hydroxylation is 1. The first-order chi connectivity index (χ1) is 59.6. The number of carboxylic acid groups (broad SMARTS) is 1. The number of carbonyl (C=O) groups excluding carboxylic acids is 4. The number of esters is 2. The van der Waals surface area contributed by atoms with Gasteiger partial charge in [-0.15, -0.1) is 32.9 Å². The average Bonchev–Trinajstić information content (AvgIpc) is 1.55. The van der Waals surface area contributed by atoms with E-state index < -0.39 is 103 Å². The quantitative estimate of drug-likeness (QED) is 0.0157. The first-order valence-electron chi connectivity index (χ1n) is 39.1. The van der Waals surface area contributed by atoms with Gasteiger partial charge in [-0.3, -0.25) is 28.2 Å². The van der Waals surface area contributed by atoms with Crippen LogP contribution in [0.2, 0.25) is 0 Å². The number of nitrogens with zero attached hydrogens (tertiary/aromatic N) is 8. The molecular formula is C87H93FN10O22S5. The first kappa shape index (κ1) is 93.7. The second kappa shape index (κ2) is 42.1. The Morgan fingerprint density at radius 2 is 1.00 bits per heavy atom. The number of thiazole rings is 2. The number of ether oxygens (including phenoxy) is 8. The molecular weight excluding hydrogens is 1720 g/mol. The summed E-state index contributed by atoms with van der Waals surface area (Å²) in [7, 11) is -8.02. The van der Waals surface area contributed by atoms with Crippen LogP contribution in [0.25, 0.3) is 20.4 Å². The normalized spacial score (nSPS) is 13.4. The SMILES string of the molecule is CC(C)[C@@H](C(=O)C[C@@H](Cc1ccc(OCC(O)C[18F])cc1)C(=O)O)n1cc(COc2ccc3nc(S(N)(=O)=O)sc3c2)nn1.COC(=O)[C@@H](CC(=O)[C@H](C(C)C)n1cc(COc2ccc3nc(S(=O)(=O)NC(c4ccccc4)(c4ccc(OC)cc4)c4ccc(OC)cc4)sc3c2)nn1)Cc1ccc(OCC(COS(=O)(=O)c2ccc(C)cc2)OC(C)=O)cc1. The number of aliphatic hydroxyl groups is 1. The van der Waals surface area contributed by atoms with Gasteiger partial charge in [0, 0.05) is 19.8 Å². The van der Waals surface area contributed by atoms with E-state index in [-0.39, 0.29) is 89.1 Å². The summed E-state index contributed by atoms with van der Waals surface area (Å²) in [5.41, 5.74) is 4.48. The Labute approximate surface area is 728 Å². The molecule has 0 bridgehead atoms. The number of aliphatic carboxylic acids is 1. The van der Waals surface area contributed by atoms with E-state index in [4.69, 9.17) is 47.2 Å². The molecule has 0 saturated heterocycles. The third-order valence-corrected chi connectivity index (χ3v) is 26.3. The maximum atomic E-state index is 14.7. The van der Waals surface area contributed by atoms with Crippen molar-refractivity contribution in [1.29, 1.82) is 0 Å². The molecule has 0 fully saturated rings. The number of fused-ring (bicyclic) bond motifs is 2. The Bertz CT molecular complexity index is 6020. The second-order valence-electron chi connectivity index (χ2n) is 29.8. The standard InChI is InChI=1S/C59H61N5O14S3.C28H32FN5O8S2/c1-38(2)56(54(66)32-42(57(67)74-7)31-41-15-21-49(22-16-41)76-36-51(78-40(4)65)37-77-81(70,71)52-28-13-39(3)14-29-52)64-34-46(61-63-64)35-75-50-27-30-53-55(33-50)79-58(60-53)80(68,69)62-59(43-11-9-8-10-12-43,44-17-23-47(72-5)24-18-44)45-19-25-48(73-6)26-20-45;1-16(2)26(24(36)10-18(27(37)38)9-17-3-5-21(6-4-17)42-15-20(35)12-29)34-13-19(32-33-34)14-41-22-7-8-23-25(11-22)43-28(31-23)44(30,39)40/h8-30,33-34,38,42,51,56,62H,31-32,35-37H2,1-7H3;3-8,11,13,16,18,20,26,35H,9-10,12,14-15H2,1-2H3,(H,37,38)(H2,30,39,40)/t42-,51?,56+;18-,20?,26+/m11/s1/i;29-1. The molecule has 0 amide bonds. The van der Waals surface area contributed by atoms with Crippen molar-refractivity contribution in [3.8, 4) is 34.5 Å². The minimum Gasteiger partial charge on any atom is -0.497 e. The highest BCUT2D eigenvalue weighted by Gasteiger charge is 2.43. The smallest absolute Gasteiger partial charge is 0.309 e. The number of carboxylic acids is 1. The first-order valence-corrected chi connectivity index (χ1v) is 45.2. The molecule has 8 aromatic carbocycles. The van der Waals surface area contributed by atoms with Crippen LogP contribution < -0.4 is 38.3 Å². The summed E-state index contributed by atoms with van der Waals surface area (Å²) in [5, 5.41) is 41.1. The van der Waals surface area contributed by atoms with E-state index in [1.165, 1.54) is 35.5 Å². The number of halogens is 1. The zero-order valence-corrected chi connectivity index (χ0v) is 73.5. The van der Waals surface area contributed by atoms with Crippen molar-refractivity contribution in [3.05, 3.63) is 245 Å². The summed E-state index contributed by atoms with van der Waals surface area (Å²) in [4.78, 5) is 73.1. The number of primary sulfonamides is 1. The Morgan fingerprint density at radius 3 is 1.46 bits per heavy atom. The zero-order chi connectivity index (χ0) is 89.9. The van der Waals surface area contributed by atoms with Crippen LogP contribution in [-0.4, -0.2) is 165 Å². The van der Waals surface area contributed by atoms with Gasteiger partial charge in [0.15, 0.2) is 17.7 Å². The number of aliphatic hydroxyl groups excluding tert-OH is 1. The minimum absolute atomic E-state index is 0.00948. The highest BCUT2D eigenvalue weighted by atomic mass is 32.3. The number of methoxy groups -OCH3 is 3. The maximum Gasteiger partial charge on any atom is 0.309 e. The number of rotatable bonds is 43. The number of benzene rings is 8. The number of alkyl halides is 1. The van der Waals surface area contributed by atoms with E-state index in [0.717, 1.165) is 28.2 Å². The van der Waals surface area contributed by atoms with E-state index >= 15 is 0 Å². The van der Waals surface area contributed by atoms with E-state index in [1.807, 2.05) is 89.2 Å². The summed E-state index contributed by atoms with van der Waals surface area (Å²) in [5.74, 6) is -2.44. The number of nitrogens with one attached hydrogen (secondary N) is 1. The monoisotopic (exact) mass is 1810 g/mol. The van der Waals surface area contributed by atoms with Crippen molar-refractivity contribution in [2.75, 3.05) is 47.8 Å². The van der Waals surface area contributed by atoms with Gasteiger partial charge in [0.05, 0.1) is 70.9 Å². The van der Waals surface area contributed by atoms with Gasteiger partial charge in [0.25, 0.3) is 30.2 Å². The van der Waals surface area contributed by atoms with Gasteiger partial charge >= 0.3 is 17.9 Å². The van der Waals surface area contributed by atoms with Crippen LogP contribution in [0, 0.1) is 30.6 Å². The van der Waals surface area contributed by atoms with Gasteiger partial charge in [0.1, 0.15) is 109 Å². The number of hydrogen-bond donors (Lipinski definition) is 4. The van der Waals surface area contributed by atoms with E-state index in [1.54, 1.807) is 148 Å². The molecule has 4 heterocycles. The van der Waals surface area contributed by atoms with E-state index in [9.17, 15) is 63.8 Å². The molecule has 0 saturated carbocycles. The molecule has 0 radical (unpaired) electrons. The van der Waals surface area contributed by atoms with Crippen LogP contribution in [0.5, 0.6) is 34.5 Å². The number of sulfonamides is 2. The minimum atomic E-state index is -4.35. The van der Waals surface area contributed by atoms with Crippen LogP contribution in [0.4, 0.5) is 4.39 Å². The lowest BCUT2D eigenvalue weighted by Gasteiger charge is -2.36. The maximum absolute atomic E-state index is 14.7. The second-order valence-corrected chi connectivity index (χ2v) is 37.1. The molecule has 6 atom stereocenters. The Balaban J connectivity index is 0.000000290. The van der Waals surface area contributed by atoms with Crippen molar-refractivity contribution in [3.63, 3.8) is 0 Å². The highest BCUT2D eigenvalue weighted by molar-refractivity contribution is 7.92. The number of hydrogen-bond acceptors (Lipinski definition) is 29. The predicted octanol–water partition coefficient (Wildman–Crippen LogP) is 11.9. The van der Waals surface area contributed by atoms with Gasteiger partial charge in [-0.25, -0.2) is 45.7 Å². The molecule has 5 N–H and O–H groups in total. The van der Waals surface area contributed by atoms with Crippen LogP contribution >= 0.6 is 22.7 Å². The van der Waals surface area contributed by atoms with Gasteiger partial charge in [-0.1, -0.05) is 135 Å². The summed E-state index contributed by atoms with van der Waals surface area (Å²) < 4.78 is 147. The lowest BCUT2D eigenvalue weighted by molar-refractivity contribution is -0.149. The molecule has 12 aromatic rings.